The van der Waals surface area contributed by atoms with Crippen molar-refractivity contribution in [3.05, 3.63) is 0 Å². The molecule has 0 aromatic rings. The molecule has 0 spiro atoms. The van der Waals surface area contributed by atoms with E-state index in [4.69, 9.17) is 0 Å². The summed E-state index contributed by atoms with van der Waals surface area (Å²) in [4.78, 5) is 0. The number of hydrogen-bond donors (Lipinski definition) is 2. The lowest BCUT2D eigenvalue weighted by Crippen LogP contribution is -2.53. The average Bonchev–Trinajstić information content (AvgIpc) is 2.74. The third-order valence-electron chi connectivity index (χ3n) is 8.38. The average molecular weight is 292 g/mol. The number of aliphatic hydroxyl groups excluding tert-OH is 2. The zero-order chi connectivity index (χ0) is 14.8. The van der Waals surface area contributed by atoms with Crippen molar-refractivity contribution in [3.8, 4) is 0 Å². The van der Waals surface area contributed by atoms with E-state index in [9.17, 15) is 10.2 Å². The Hall–Kier alpha value is -0.0800. The van der Waals surface area contributed by atoms with Crippen LogP contribution in [0.3, 0.4) is 0 Å². The third kappa shape index (κ3) is 2.05. The molecule has 0 amide bonds. The van der Waals surface area contributed by atoms with Gasteiger partial charge >= 0.3 is 0 Å². The normalized spacial score (nSPS) is 60.0. The molecule has 2 nitrogen and oxygen atoms in total. The van der Waals surface area contributed by atoms with Crippen molar-refractivity contribution >= 4 is 0 Å². The predicted octanol–water partition coefficient (Wildman–Crippen LogP) is 3.75. The number of aliphatic hydroxyl groups is 2. The molecule has 4 aliphatic rings. The van der Waals surface area contributed by atoms with E-state index >= 15 is 0 Å². The van der Waals surface area contributed by atoms with E-state index in [1.165, 1.54) is 32.1 Å². The maximum atomic E-state index is 10.2. The molecule has 4 fully saturated rings. The van der Waals surface area contributed by atoms with Crippen molar-refractivity contribution in [1.82, 2.24) is 0 Å². The van der Waals surface area contributed by atoms with Crippen molar-refractivity contribution in [2.75, 3.05) is 0 Å². The van der Waals surface area contributed by atoms with E-state index in [-0.39, 0.29) is 12.2 Å². The fourth-order valence-electron chi connectivity index (χ4n) is 7.26. The maximum Gasteiger partial charge on any atom is 0.0548 e. The van der Waals surface area contributed by atoms with Gasteiger partial charge in [0, 0.05) is 0 Å². The van der Waals surface area contributed by atoms with Gasteiger partial charge in [0.05, 0.1) is 12.2 Å². The van der Waals surface area contributed by atoms with Gasteiger partial charge in [0.2, 0.25) is 0 Å². The van der Waals surface area contributed by atoms with Gasteiger partial charge in [0.1, 0.15) is 0 Å². The van der Waals surface area contributed by atoms with Gasteiger partial charge in [0.15, 0.2) is 0 Å². The molecule has 2 heteroatoms. The highest BCUT2D eigenvalue weighted by molar-refractivity contribution is 5.08. The zero-order valence-electron chi connectivity index (χ0n) is 13.7. The van der Waals surface area contributed by atoms with Crippen LogP contribution in [-0.4, -0.2) is 22.4 Å². The molecule has 120 valence electrons. The van der Waals surface area contributed by atoms with E-state index in [1.54, 1.807) is 0 Å². The summed E-state index contributed by atoms with van der Waals surface area (Å²) in [6.45, 7) is 4.98. The van der Waals surface area contributed by atoms with Crippen molar-refractivity contribution in [1.29, 1.82) is 0 Å². The molecule has 0 radical (unpaired) electrons. The molecular formula is C19H32O2. The van der Waals surface area contributed by atoms with Crippen LogP contribution in [0.2, 0.25) is 0 Å². The Morgan fingerprint density at radius 2 is 1.62 bits per heavy atom. The molecule has 8 atom stereocenters. The largest absolute Gasteiger partial charge is 0.393 e. The summed E-state index contributed by atoms with van der Waals surface area (Å²) in [5, 5.41) is 20.3. The minimum Gasteiger partial charge on any atom is -0.393 e. The Morgan fingerprint density at radius 3 is 2.43 bits per heavy atom. The molecule has 4 rings (SSSR count). The van der Waals surface area contributed by atoms with Gasteiger partial charge in [-0.15, -0.1) is 0 Å². The summed E-state index contributed by atoms with van der Waals surface area (Å²) in [6.07, 6.45) is 10.7. The molecule has 0 aromatic heterocycles. The van der Waals surface area contributed by atoms with Crippen molar-refractivity contribution in [2.45, 2.75) is 83.8 Å². The second-order valence-corrected chi connectivity index (χ2v) is 9.37. The fraction of sp³-hybridized carbons (Fsp3) is 1.00. The van der Waals surface area contributed by atoms with Gasteiger partial charge in [-0.2, -0.15) is 0 Å². The summed E-state index contributed by atoms with van der Waals surface area (Å²) in [6, 6.07) is 0. The Morgan fingerprint density at radius 1 is 0.810 bits per heavy atom. The highest BCUT2D eigenvalue weighted by Crippen LogP contribution is 2.66. The van der Waals surface area contributed by atoms with Crippen molar-refractivity contribution < 1.29 is 10.2 Å². The number of hydrogen-bond acceptors (Lipinski definition) is 2. The smallest absolute Gasteiger partial charge is 0.0548 e. The van der Waals surface area contributed by atoms with Gasteiger partial charge in [-0.05, 0) is 92.3 Å². The summed E-state index contributed by atoms with van der Waals surface area (Å²) in [5.74, 6) is 3.21. The van der Waals surface area contributed by atoms with Crippen LogP contribution >= 0.6 is 0 Å². The number of fused-ring (bicyclic) bond motifs is 5. The summed E-state index contributed by atoms with van der Waals surface area (Å²) >= 11 is 0. The Kier molecular flexibility index (Phi) is 3.25. The Bertz CT molecular complexity index is 422. The second kappa shape index (κ2) is 4.71. The summed E-state index contributed by atoms with van der Waals surface area (Å²) in [7, 11) is 0. The van der Waals surface area contributed by atoms with E-state index < -0.39 is 0 Å². The fourth-order valence-corrected chi connectivity index (χ4v) is 7.26. The lowest BCUT2D eigenvalue weighted by atomic mass is 9.45. The third-order valence-corrected chi connectivity index (χ3v) is 8.38. The molecule has 0 heterocycles. The van der Waals surface area contributed by atoms with Crippen LogP contribution in [0.15, 0.2) is 0 Å². The van der Waals surface area contributed by atoms with Crippen LogP contribution in [0.4, 0.5) is 0 Å². The molecule has 0 unspecified atom stereocenters. The first-order valence-electron chi connectivity index (χ1n) is 9.28. The highest BCUT2D eigenvalue weighted by Gasteiger charge is 2.58. The van der Waals surface area contributed by atoms with Gasteiger partial charge in [0.25, 0.3) is 0 Å². The van der Waals surface area contributed by atoms with Gasteiger partial charge in [-0.25, -0.2) is 0 Å². The van der Waals surface area contributed by atoms with Crippen molar-refractivity contribution in [2.24, 2.45) is 34.5 Å². The quantitative estimate of drug-likeness (QED) is 0.714. The molecule has 0 saturated heterocycles. The first-order valence-corrected chi connectivity index (χ1v) is 9.28. The monoisotopic (exact) mass is 292 g/mol. The Balaban J connectivity index is 1.62. The van der Waals surface area contributed by atoms with E-state index in [1.807, 2.05) is 0 Å². The first kappa shape index (κ1) is 14.5. The molecule has 0 bridgehead atoms. The summed E-state index contributed by atoms with van der Waals surface area (Å²) < 4.78 is 0. The molecule has 0 aliphatic heterocycles. The topological polar surface area (TPSA) is 40.5 Å². The van der Waals surface area contributed by atoms with Gasteiger partial charge < -0.3 is 10.2 Å². The van der Waals surface area contributed by atoms with E-state index in [2.05, 4.69) is 13.8 Å². The molecule has 0 aromatic carbocycles. The van der Waals surface area contributed by atoms with E-state index in [0.717, 1.165) is 49.4 Å². The van der Waals surface area contributed by atoms with Crippen LogP contribution in [0.25, 0.3) is 0 Å². The SMILES string of the molecule is C[C@]12CC[C@H]3[C@@H](CC[C@H]4C[C@@H](O)CC[C@@]43C)[C@@H]1C[C@@H](O)C2. The maximum absolute atomic E-state index is 10.2. The lowest BCUT2D eigenvalue weighted by Gasteiger charge is -2.60. The van der Waals surface area contributed by atoms with Crippen LogP contribution in [0, 0.1) is 34.5 Å². The Labute approximate surface area is 129 Å². The molecule has 21 heavy (non-hydrogen) atoms. The van der Waals surface area contributed by atoms with Gasteiger partial charge in [-0.3, -0.25) is 0 Å². The van der Waals surface area contributed by atoms with E-state index in [0.29, 0.717) is 10.8 Å². The molecule has 4 aliphatic carbocycles. The summed E-state index contributed by atoms with van der Waals surface area (Å²) in [5.41, 5.74) is 0.884. The highest BCUT2D eigenvalue weighted by atomic mass is 16.3. The van der Waals surface area contributed by atoms with Crippen LogP contribution in [-0.2, 0) is 0 Å². The standard InChI is InChI=1S/C19H32O2/c1-18-7-6-16-15(17(18)10-14(21)11-18)4-3-12-9-13(20)5-8-19(12,16)2/h12-17,20-21H,3-11H2,1-2H3/t12-,13-,14+,15+,16-,17-,18+,19-/m0/s1. The van der Waals surface area contributed by atoms with Crippen molar-refractivity contribution in [3.63, 3.8) is 0 Å². The lowest BCUT2D eigenvalue weighted by molar-refractivity contribution is -0.120. The predicted molar refractivity (Wildman–Crippen MR) is 83.7 cm³/mol. The van der Waals surface area contributed by atoms with Crippen LogP contribution in [0.5, 0.6) is 0 Å². The zero-order valence-corrected chi connectivity index (χ0v) is 13.7. The molecule has 2 N–H and O–H groups in total. The second-order valence-electron chi connectivity index (χ2n) is 9.37. The first-order chi connectivity index (χ1) is 9.92. The minimum atomic E-state index is -0.0440. The van der Waals surface area contributed by atoms with Crippen LogP contribution in [0.1, 0.15) is 71.6 Å². The van der Waals surface area contributed by atoms with Crippen LogP contribution < -0.4 is 0 Å². The van der Waals surface area contributed by atoms with Gasteiger partial charge in [-0.1, -0.05) is 13.8 Å². The molecular weight excluding hydrogens is 260 g/mol. The molecule has 4 saturated carbocycles. The number of rotatable bonds is 0. The minimum absolute atomic E-state index is 0.0400.